The van der Waals surface area contributed by atoms with Crippen LogP contribution in [0.5, 0.6) is 0 Å². The molecular weight excluding hydrogens is 310 g/mol. The van der Waals surface area contributed by atoms with Crippen molar-refractivity contribution >= 4 is 5.91 Å². The number of ether oxygens (including phenoxy) is 1. The second-order valence-corrected chi connectivity index (χ2v) is 5.85. The summed E-state index contributed by atoms with van der Waals surface area (Å²) in [6.45, 7) is 4.98. The molecule has 3 heterocycles. The predicted octanol–water partition coefficient (Wildman–Crippen LogP) is 0.529. The normalized spacial score (nSPS) is 21.8. The molecule has 1 aliphatic rings. The third kappa shape index (κ3) is 3.65. The molecule has 1 N–H and O–H groups in total. The summed E-state index contributed by atoms with van der Waals surface area (Å²) in [5, 5.41) is 6.69. The molecule has 1 aliphatic heterocycles. The van der Waals surface area contributed by atoms with Crippen LogP contribution in [0.2, 0.25) is 0 Å². The molecule has 24 heavy (non-hydrogen) atoms. The van der Waals surface area contributed by atoms with E-state index >= 15 is 0 Å². The Kier molecular flexibility index (Phi) is 5.27. The largest absolute Gasteiger partial charge is 0.373 e. The van der Waals surface area contributed by atoms with Crippen LogP contribution in [0.25, 0.3) is 0 Å². The number of likely N-dealkylation sites (N-methyl/N-ethyl adjacent to an activating group) is 1. The fourth-order valence-electron chi connectivity index (χ4n) is 3.07. The molecule has 0 aromatic carbocycles. The second-order valence-electron chi connectivity index (χ2n) is 5.85. The quantitative estimate of drug-likeness (QED) is 0.830. The number of nitrogens with zero attached hydrogens (tertiary/aromatic N) is 4. The van der Waals surface area contributed by atoms with E-state index in [1.807, 2.05) is 17.8 Å². The molecule has 0 bridgehead atoms. The van der Waals surface area contributed by atoms with Gasteiger partial charge in [0.2, 0.25) is 5.91 Å². The first kappa shape index (κ1) is 16.7. The van der Waals surface area contributed by atoms with Gasteiger partial charge in [-0.1, -0.05) is 12.1 Å². The molecule has 1 fully saturated rings. The highest BCUT2D eigenvalue weighted by molar-refractivity contribution is 5.78. The van der Waals surface area contributed by atoms with Gasteiger partial charge in [0.25, 0.3) is 0 Å². The van der Waals surface area contributed by atoms with Gasteiger partial charge in [0.05, 0.1) is 30.9 Å². The predicted molar refractivity (Wildman–Crippen MR) is 86.2 cm³/mol. The molecule has 2 aromatic rings. The van der Waals surface area contributed by atoms with Gasteiger partial charge >= 0.3 is 0 Å². The van der Waals surface area contributed by atoms with E-state index in [0.29, 0.717) is 18.8 Å². The number of rotatable bonds is 6. The summed E-state index contributed by atoms with van der Waals surface area (Å²) < 4.78 is 12.7. The zero-order chi connectivity index (χ0) is 16.9. The third-order valence-corrected chi connectivity index (χ3v) is 4.32. The first-order valence-corrected chi connectivity index (χ1v) is 8.18. The number of carbonyl (C=O) groups is 1. The highest BCUT2D eigenvalue weighted by atomic mass is 16.5. The smallest absolute Gasteiger partial charge is 0.226 e. The summed E-state index contributed by atoms with van der Waals surface area (Å²) in [5.74, 6) is 0.854. The topological polar surface area (TPSA) is 85.4 Å². The molecule has 2 aromatic heterocycles. The SMILES string of the molecule is CCN1CCO[C@@H](CNC(=O)Cc2ccon2)[C@@H]1c1nccn1C. The van der Waals surface area contributed by atoms with Crippen LogP contribution < -0.4 is 5.32 Å². The van der Waals surface area contributed by atoms with Crippen molar-refractivity contribution in [2.24, 2.45) is 7.05 Å². The van der Waals surface area contributed by atoms with E-state index in [1.165, 1.54) is 6.26 Å². The van der Waals surface area contributed by atoms with Gasteiger partial charge in [0, 0.05) is 38.6 Å². The number of morpholine rings is 1. The van der Waals surface area contributed by atoms with Crippen molar-refractivity contribution in [3.8, 4) is 0 Å². The standard InChI is InChI=1S/C16H23N5O3/c1-3-21-7-9-23-13(15(21)16-17-5-6-20(16)2)11-18-14(22)10-12-4-8-24-19-12/h4-6,8,13,15H,3,7,9-11H2,1-2H3,(H,18,22)/t13-,15+/m0/s1. The van der Waals surface area contributed by atoms with Gasteiger partial charge in [-0.25, -0.2) is 4.98 Å². The average Bonchev–Trinajstić information content (AvgIpc) is 3.24. The number of aromatic nitrogens is 3. The highest BCUT2D eigenvalue weighted by Gasteiger charge is 2.35. The van der Waals surface area contributed by atoms with Crippen molar-refractivity contribution in [1.82, 2.24) is 24.9 Å². The molecule has 1 amide bonds. The summed E-state index contributed by atoms with van der Waals surface area (Å²) in [4.78, 5) is 18.9. The fraction of sp³-hybridized carbons (Fsp3) is 0.562. The van der Waals surface area contributed by atoms with Crippen LogP contribution in [0.1, 0.15) is 24.5 Å². The molecule has 3 rings (SSSR count). The Morgan fingerprint density at radius 3 is 3.04 bits per heavy atom. The molecule has 8 nitrogen and oxygen atoms in total. The number of hydrogen-bond donors (Lipinski definition) is 1. The number of amides is 1. The minimum absolute atomic E-state index is 0.0242. The van der Waals surface area contributed by atoms with Gasteiger partial charge in [-0.15, -0.1) is 0 Å². The van der Waals surface area contributed by atoms with E-state index in [9.17, 15) is 4.79 Å². The number of aryl methyl sites for hydroxylation is 1. The lowest BCUT2D eigenvalue weighted by Gasteiger charge is -2.40. The van der Waals surface area contributed by atoms with Gasteiger partial charge < -0.3 is 19.1 Å². The van der Waals surface area contributed by atoms with Crippen LogP contribution >= 0.6 is 0 Å². The molecule has 130 valence electrons. The van der Waals surface area contributed by atoms with Crippen molar-refractivity contribution in [3.63, 3.8) is 0 Å². The molecule has 0 unspecified atom stereocenters. The second kappa shape index (κ2) is 7.59. The lowest BCUT2D eigenvalue weighted by molar-refractivity contribution is -0.123. The number of imidazole rings is 1. The van der Waals surface area contributed by atoms with Crippen LogP contribution in [0.4, 0.5) is 0 Å². The Balaban J connectivity index is 1.65. The first-order valence-electron chi connectivity index (χ1n) is 8.18. The Morgan fingerprint density at radius 1 is 1.50 bits per heavy atom. The van der Waals surface area contributed by atoms with Crippen molar-refractivity contribution in [2.45, 2.75) is 25.5 Å². The Hall–Kier alpha value is -2.19. The van der Waals surface area contributed by atoms with Crippen LogP contribution in [-0.4, -0.2) is 57.9 Å². The monoisotopic (exact) mass is 333 g/mol. The van der Waals surface area contributed by atoms with Gasteiger partial charge in [-0.05, 0) is 6.54 Å². The summed E-state index contributed by atoms with van der Waals surface area (Å²) >= 11 is 0. The van der Waals surface area contributed by atoms with E-state index in [0.717, 1.165) is 18.9 Å². The van der Waals surface area contributed by atoms with Crippen LogP contribution in [0.3, 0.4) is 0 Å². The van der Waals surface area contributed by atoms with Gasteiger partial charge in [0.1, 0.15) is 12.1 Å². The van der Waals surface area contributed by atoms with E-state index in [1.54, 1.807) is 12.3 Å². The van der Waals surface area contributed by atoms with Gasteiger partial charge in [-0.2, -0.15) is 0 Å². The summed E-state index contributed by atoms with van der Waals surface area (Å²) in [6.07, 6.45) is 5.24. The molecule has 1 saturated heterocycles. The van der Waals surface area contributed by atoms with Crippen molar-refractivity contribution in [3.05, 3.63) is 36.2 Å². The van der Waals surface area contributed by atoms with E-state index in [2.05, 4.69) is 27.3 Å². The lowest BCUT2D eigenvalue weighted by atomic mass is 10.1. The molecule has 0 radical (unpaired) electrons. The molecule has 0 spiro atoms. The number of carbonyl (C=O) groups excluding carboxylic acids is 1. The minimum atomic E-state index is -0.138. The Labute approximate surface area is 140 Å². The Bertz CT molecular complexity index is 654. The maximum absolute atomic E-state index is 12.1. The molecular formula is C16H23N5O3. The van der Waals surface area contributed by atoms with Gasteiger partial charge in [-0.3, -0.25) is 9.69 Å². The van der Waals surface area contributed by atoms with E-state index in [-0.39, 0.29) is 24.5 Å². The highest BCUT2D eigenvalue weighted by Crippen LogP contribution is 2.27. The number of hydrogen-bond acceptors (Lipinski definition) is 6. The van der Waals surface area contributed by atoms with E-state index in [4.69, 9.17) is 9.26 Å². The van der Waals surface area contributed by atoms with Crippen LogP contribution in [-0.2, 0) is 23.0 Å². The molecule has 2 atom stereocenters. The van der Waals surface area contributed by atoms with Crippen molar-refractivity contribution in [2.75, 3.05) is 26.2 Å². The Morgan fingerprint density at radius 2 is 2.38 bits per heavy atom. The van der Waals surface area contributed by atoms with Crippen molar-refractivity contribution < 1.29 is 14.1 Å². The zero-order valence-electron chi connectivity index (χ0n) is 14.0. The maximum Gasteiger partial charge on any atom is 0.226 e. The molecule has 8 heteroatoms. The summed E-state index contributed by atoms with van der Waals surface area (Å²) in [5.41, 5.74) is 0.618. The number of nitrogens with one attached hydrogen (secondary N) is 1. The first-order chi connectivity index (χ1) is 11.7. The summed E-state index contributed by atoms with van der Waals surface area (Å²) in [6, 6.07) is 1.71. The molecule has 0 aliphatic carbocycles. The van der Waals surface area contributed by atoms with E-state index < -0.39 is 0 Å². The average molecular weight is 333 g/mol. The fourth-order valence-corrected chi connectivity index (χ4v) is 3.07. The van der Waals surface area contributed by atoms with Crippen LogP contribution in [0, 0.1) is 0 Å². The molecule has 0 saturated carbocycles. The summed E-state index contributed by atoms with van der Waals surface area (Å²) in [7, 11) is 1.98. The third-order valence-electron chi connectivity index (χ3n) is 4.32. The van der Waals surface area contributed by atoms with Crippen molar-refractivity contribution in [1.29, 1.82) is 0 Å². The lowest BCUT2D eigenvalue weighted by Crippen LogP contribution is -2.50. The van der Waals surface area contributed by atoms with Crippen LogP contribution in [0.15, 0.2) is 29.2 Å². The van der Waals surface area contributed by atoms with Gasteiger partial charge in [0.15, 0.2) is 0 Å². The maximum atomic E-state index is 12.1. The zero-order valence-corrected chi connectivity index (χ0v) is 14.0. The minimum Gasteiger partial charge on any atom is -0.373 e.